The van der Waals surface area contributed by atoms with E-state index in [2.05, 4.69) is 0 Å². The van der Waals surface area contributed by atoms with E-state index in [9.17, 15) is 9.90 Å². The minimum Gasteiger partial charge on any atom is -0.466 e. The molecule has 0 saturated carbocycles. The lowest BCUT2D eigenvalue weighted by Crippen LogP contribution is -2.56. The second kappa shape index (κ2) is 19.6. The van der Waals surface area contributed by atoms with Crippen molar-refractivity contribution in [1.29, 1.82) is 0 Å². The van der Waals surface area contributed by atoms with Gasteiger partial charge in [0.15, 0.2) is 0 Å². The number of aliphatic hydroxyl groups is 1. The molecule has 0 heterocycles. The molecular formula is C38H45NO7. The van der Waals surface area contributed by atoms with Gasteiger partial charge in [-0.25, -0.2) is 0 Å². The molecule has 5 atom stereocenters. The first-order valence-corrected chi connectivity index (χ1v) is 15.7. The lowest BCUT2D eigenvalue weighted by atomic mass is 9.95. The molecule has 4 aromatic carbocycles. The van der Waals surface area contributed by atoms with Gasteiger partial charge in [0.05, 0.1) is 58.2 Å². The smallest absolute Gasteiger partial charge is 0.308 e. The molecular weight excluding hydrogens is 582 g/mol. The number of rotatable bonds is 20. The van der Waals surface area contributed by atoms with Crippen molar-refractivity contribution in [2.75, 3.05) is 13.2 Å². The molecule has 8 nitrogen and oxygen atoms in total. The molecule has 4 rings (SSSR count). The first-order valence-electron chi connectivity index (χ1n) is 15.7. The highest BCUT2D eigenvalue weighted by atomic mass is 16.6. The second-order valence-corrected chi connectivity index (χ2v) is 11.0. The number of benzene rings is 4. The third-order valence-electron chi connectivity index (χ3n) is 7.41. The molecule has 0 saturated heterocycles. The van der Waals surface area contributed by atoms with Gasteiger partial charge in [-0.1, -0.05) is 121 Å². The largest absolute Gasteiger partial charge is 0.466 e. The van der Waals surface area contributed by atoms with E-state index >= 15 is 0 Å². The highest BCUT2D eigenvalue weighted by molar-refractivity contribution is 5.70. The fourth-order valence-corrected chi connectivity index (χ4v) is 5.05. The Morgan fingerprint density at radius 3 is 1.43 bits per heavy atom. The van der Waals surface area contributed by atoms with Crippen LogP contribution >= 0.6 is 0 Å². The molecule has 0 aromatic heterocycles. The highest BCUT2D eigenvalue weighted by Gasteiger charge is 2.41. The van der Waals surface area contributed by atoms with Gasteiger partial charge in [-0.15, -0.1) is 0 Å². The van der Waals surface area contributed by atoms with Crippen LogP contribution in [0.2, 0.25) is 0 Å². The lowest BCUT2D eigenvalue weighted by Gasteiger charge is -2.38. The normalized spacial score (nSPS) is 14.6. The molecule has 0 amide bonds. The average molecular weight is 628 g/mol. The number of carbonyl (C=O) groups excluding carboxylic acids is 1. The van der Waals surface area contributed by atoms with Crippen LogP contribution in [0.4, 0.5) is 0 Å². The molecule has 0 unspecified atom stereocenters. The van der Waals surface area contributed by atoms with Gasteiger partial charge in [-0.3, -0.25) is 4.79 Å². The van der Waals surface area contributed by atoms with Crippen molar-refractivity contribution in [2.24, 2.45) is 5.73 Å². The summed E-state index contributed by atoms with van der Waals surface area (Å²) < 4.78 is 30.8. The Morgan fingerprint density at radius 2 is 1.00 bits per heavy atom. The van der Waals surface area contributed by atoms with Gasteiger partial charge in [-0.2, -0.15) is 0 Å². The van der Waals surface area contributed by atoms with E-state index in [1.807, 2.05) is 121 Å². The van der Waals surface area contributed by atoms with Crippen LogP contribution < -0.4 is 5.73 Å². The van der Waals surface area contributed by atoms with Crippen molar-refractivity contribution >= 4 is 5.97 Å². The van der Waals surface area contributed by atoms with Crippen LogP contribution in [0.25, 0.3) is 0 Å². The number of esters is 1. The Kier molecular flexibility index (Phi) is 14.9. The van der Waals surface area contributed by atoms with E-state index in [1.54, 1.807) is 6.92 Å². The third-order valence-corrected chi connectivity index (χ3v) is 7.41. The molecule has 8 heteroatoms. The van der Waals surface area contributed by atoms with E-state index in [1.165, 1.54) is 0 Å². The summed E-state index contributed by atoms with van der Waals surface area (Å²) >= 11 is 0. The van der Waals surface area contributed by atoms with Crippen LogP contribution in [0, 0.1) is 0 Å². The van der Waals surface area contributed by atoms with Gasteiger partial charge in [-0.05, 0) is 29.2 Å². The maximum Gasteiger partial charge on any atom is 0.308 e. The van der Waals surface area contributed by atoms with Crippen molar-refractivity contribution in [2.45, 2.75) is 70.2 Å². The summed E-state index contributed by atoms with van der Waals surface area (Å²) in [6.07, 6.45) is -4.26. The topological polar surface area (TPSA) is 109 Å². The molecule has 46 heavy (non-hydrogen) atoms. The summed E-state index contributed by atoms with van der Waals surface area (Å²) in [6.45, 7) is 3.05. The molecule has 0 aliphatic heterocycles. The summed E-state index contributed by atoms with van der Waals surface area (Å²) in [6, 6.07) is 38.2. The Bertz CT molecular complexity index is 1380. The molecule has 0 spiro atoms. The Balaban J connectivity index is 1.64. The fraction of sp³-hybridized carbons (Fsp3) is 0.342. The van der Waals surface area contributed by atoms with Gasteiger partial charge in [0.1, 0.15) is 18.3 Å². The van der Waals surface area contributed by atoms with Crippen LogP contribution in [0.3, 0.4) is 0 Å². The number of nitrogens with two attached hydrogens (primary N) is 1. The SMILES string of the molecule is CCOC(=O)C[C@@H](O)[C@H](OCc1ccccc1)[C@@H](OCc1ccccc1)[C@H](OCc1ccccc1)[C@H](N)COCc1ccccc1. The van der Waals surface area contributed by atoms with Crippen LogP contribution in [-0.4, -0.2) is 54.7 Å². The van der Waals surface area contributed by atoms with Crippen molar-refractivity contribution in [1.82, 2.24) is 0 Å². The van der Waals surface area contributed by atoms with Crippen molar-refractivity contribution < 1.29 is 33.6 Å². The van der Waals surface area contributed by atoms with Gasteiger partial charge >= 0.3 is 5.97 Å². The maximum absolute atomic E-state index is 12.6. The molecule has 3 N–H and O–H groups in total. The number of hydrogen-bond acceptors (Lipinski definition) is 8. The fourth-order valence-electron chi connectivity index (χ4n) is 5.05. The van der Waals surface area contributed by atoms with Crippen LogP contribution in [0.1, 0.15) is 35.6 Å². The van der Waals surface area contributed by atoms with E-state index in [0.29, 0.717) is 6.61 Å². The van der Waals surface area contributed by atoms with Crippen LogP contribution in [0.5, 0.6) is 0 Å². The average Bonchev–Trinajstić information content (AvgIpc) is 3.09. The highest BCUT2D eigenvalue weighted by Crippen LogP contribution is 2.24. The molecule has 4 aromatic rings. The molecule has 0 radical (unpaired) electrons. The maximum atomic E-state index is 12.6. The summed E-state index contributed by atoms with van der Waals surface area (Å²) in [5, 5.41) is 11.6. The molecule has 0 fully saturated rings. The monoisotopic (exact) mass is 627 g/mol. The number of aliphatic hydroxyl groups excluding tert-OH is 1. The first kappa shape index (κ1) is 35.0. The van der Waals surface area contributed by atoms with Crippen LogP contribution in [0.15, 0.2) is 121 Å². The summed E-state index contributed by atoms with van der Waals surface area (Å²) in [7, 11) is 0. The predicted octanol–water partition coefficient (Wildman–Crippen LogP) is 5.60. The molecule has 244 valence electrons. The van der Waals surface area contributed by atoms with Gasteiger partial charge in [0, 0.05) is 0 Å². The van der Waals surface area contributed by atoms with E-state index in [0.717, 1.165) is 22.3 Å². The molecule has 0 aliphatic rings. The minimum atomic E-state index is -1.27. The standard InChI is InChI=1S/C38H45NO7/c1-2-43-35(41)23-34(40)37(45-26-31-19-11-5-12-20-31)38(46-27-32-21-13-6-14-22-32)36(44-25-30-17-9-4-10-18-30)33(39)28-42-24-29-15-7-3-8-16-29/h3-22,33-34,36-38,40H,2,23-28,39H2,1H3/t33-,34-,36-,37+,38+/m1/s1. The van der Waals surface area contributed by atoms with Crippen molar-refractivity contribution in [3.63, 3.8) is 0 Å². The summed E-state index contributed by atoms with van der Waals surface area (Å²) in [4.78, 5) is 12.6. The van der Waals surface area contributed by atoms with Gasteiger partial charge in [0.25, 0.3) is 0 Å². The van der Waals surface area contributed by atoms with E-state index < -0.39 is 36.4 Å². The zero-order valence-electron chi connectivity index (χ0n) is 26.4. The minimum absolute atomic E-state index is 0.152. The number of hydrogen-bond donors (Lipinski definition) is 2. The second-order valence-electron chi connectivity index (χ2n) is 11.0. The molecule has 0 aliphatic carbocycles. The Morgan fingerprint density at radius 1 is 0.609 bits per heavy atom. The van der Waals surface area contributed by atoms with Gasteiger partial charge in [0.2, 0.25) is 0 Å². The number of ether oxygens (including phenoxy) is 5. The quantitative estimate of drug-likeness (QED) is 0.122. The van der Waals surface area contributed by atoms with Crippen molar-refractivity contribution in [3.8, 4) is 0 Å². The predicted molar refractivity (Wildman–Crippen MR) is 176 cm³/mol. The third kappa shape index (κ3) is 11.8. The first-order chi connectivity index (χ1) is 22.5. The lowest BCUT2D eigenvalue weighted by molar-refractivity contribution is -0.190. The van der Waals surface area contributed by atoms with Crippen molar-refractivity contribution in [3.05, 3.63) is 144 Å². The van der Waals surface area contributed by atoms with E-state index in [-0.39, 0.29) is 39.5 Å². The van der Waals surface area contributed by atoms with Crippen LogP contribution in [-0.2, 0) is 54.9 Å². The Hall–Kier alpha value is -3.89. The zero-order chi connectivity index (χ0) is 32.4. The molecule has 0 bridgehead atoms. The van der Waals surface area contributed by atoms with Gasteiger partial charge < -0.3 is 34.5 Å². The van der Waals surface area contributed by atoms with E-state index in [4.69, 9.17) is 29.4 Å². The number of carbonyl (C=O) groups is 1. The Labute approximate surface area is 272 Å². The summed E-state index contributed by atoms with van der Waals surface area (Å²) in [5.41, 5.74) is 10.6. The summed E-state index contributed by atoms with van der Waals surface area (Å²) in [5.74, 6) is -0.539. The zero-order valence-corrected chi connectivity index (χ0v) is 26.4.